The highest BCUT2D eigenvalue weighted by Crippen LogP contribution is 2.66. The highest BCUT2D eigenvalue weighted by molar-refractivity contribution is 9.10. The van der Waals surface area contributed by atoms with Crippen molar-refractivity contribution in [3.05, 3.63) is 87.4 Å². The molecule has 39 heavy (non-hydrogen) atoms. The smallest absolute Gasteiger partial charge is 0.346 e. The zero-order valence-corrected chi connectivity index (χ0v) is 21.3. The van der Waals surface area contributed by atoms with Crippen LogP contribution in [-0.2, 0) is 23.0 Å². The molecule has 212 valence electrons. The first-order valence-electron chi connectivity index (χ1n) is 11.3. The molecule has 3 aliphatic carbocycles. The molecule has 0 spiro atoms. The first-order valence-corrected chi connectivity index (χ1v) is 12.1. The number of rotatable bonds is 3. The van der Waals surface area contributed by atoms with E-state index in [2.05, 4.69) is 29.1 Å². The van der Waals surface area contributed by atoms with Crippen LogP contribution >= 0.6 is 15.9 Å². The van der Waals surface area contributed by atoms with E-state index in [0.717, 1.165) is 0 Å². The molecule has 0 amide bonds. The fraction of sp³-hybridized carbons (Fsp3) is 0.385. The predicted molar refractivity (Wildman–Crippen MR) is 124 cm³/mol. The lowest BCUT2D eigenvalue weighted by atomic mass is 9.77. The fourth-order valence-corrected chi connectivity index (χ4v) is 6.01. The zero-order valence-electron chi connectivity index (χ0n) is 19.7. The van der Waals surface area contributed by atoms with E-state index in [1.165, 1.54) is 6.08 Å². The summed E-state index contributed by atoms with van der Waals surface area (Å²) in [5.74, 6) is -20.4. The predicted octanol–water partition coefficient (Wildman–Crippen LogP) is 8.04. The van der Waals surface area contributed by atoms with Crippen LogP contribution in [0.4, 0.5) is 43.9 Å². The van der Waals surface area contributed by atoms with Crippen LogP contribution < -0.4 is 0 Å². The maximum absolute atomic E-state index is 14.0. The van der Waals surface area contributed by atoms with E-state index in [0.29, 0.717) is 24.3 Å². The van der Waals surface area contributed by atoms with Crippen molar-refractivity contribution in [3.63, 3.8) is 0 Å². The van der Waals surface area contributed by atoms with Gasteiger partial charge in [-0.1, -0.05) is 12.7 Å². The van der Waals surface area contributed by atoms with E-state index >= 15 is 0 Å². The van der Waals surface area contributed by atoms with Crippen LogP contribution in [0.3, 0.4) is 0 Å². The molecule has 2 aromatic carbocycles. The second-order valence-corrected chi connectivity index (χ2v) is 10.4. The lowest BCUT2D eigenvalue weighted by Crippen LogP contribution is -2.49. The van der Waals surface area contributed by atoms with Crippen molar-refractivity contribution < 1.29 is 54.1 Å². The Morgan fingerprint density at radius 3 is 1.90 bits per heavy atom. The maximum atomic E-state index is 14.0. The van der Waals surface area contributed by atoms with Gasteiger partial charge >= 0.3 is 23.7 Å². The molecule has 0 radical (unpaired) electrons. The molecule has 2 unspecified atom stereocenters. The quantitative estimate of drug-likeness (QED) is 0.266. The summed E-state index contributed by atoms with van der Waals surface area (Å²) in [6.07, 6.45) is -0.344. The van der Waals surface area contributed by atoms with Gasteiger partial charge in [-0.2, -0.15) is 35.1 Å². The minimum absolute atomic E-state index is 0.120. The van der Waals surface area contributed by atoms with Gasteiger partial charge in [-0.3, -0.25) is 0 Å². The van der Waals surface area contributed by atoms with Gasteiger partial charge in [-0.05, 0) is 71.5 Å². The summed E-state index contributed by atoms with van der Waals surface area (Å²) in [7, 11) is 0. The van der Waals surface area contributed by atoms with E-state index < -0.39 is 91.7 Å². The molecule has 5 rings (SSSR count). The zero-order chi connectivity index (χ0) is 29.6. The first kappa shape index (κ1) is 29.6. The van der Waals surface area contributed by atoms with Crippen molar-refractivity contribution in [2.75, 3.05) is 0 Å². The van der Waals surface area contributed by atoms with Gasteiger partial charge < -0.3 is 10.2 Å². The van der Waals surface area contributed by atoms with E-state index in [1.807, 2.05) is 0 Å². The summed E-state index contributed by atoms with van der Waals surface area (Å²) in [5.41, 5.74) is -10.0. The molecule has 0 aliphatic heterocycles. The third-order valence-corrected chi connectivity index (χ3v) is 8.21. The molecule has 2 aromatic rings. The van der Waals surface area contributed by atoms with Crippen LogP contribution in [0.2, 0.25) is 0 Å². The summed E-state index contributed by atoms with van der Waals surface area (Å²) in [4.78, 5) is 0. The standard InChI is InChI=1S/C13H10BrF5O.C13H9F5O/c1-2-3-6-11(20)9-7(4-5-8(15)10(9)14)12(16,17)13(11,18)19;1-6-4-5-11(19)10-7(2-3-8(14)9(6)10)12(15,16)13(11,17)18/h2,4-5,20H,1,3,6H2;2-3,19H,1,4-5H2. The van der Waals surface area contributed by atoms with Gasteiger partial charge in [0.2, 0.25) is 0 Å². The summed E-state index contributed by atoms with van der Waals surface area (Å²) in [5, 5.41) is 20.2. The molecule has 13 heteroatoms. The van der Waals surface area contributed by atoms with Crippen molar-refractivity contribution in [1.82, 2.24) is 0 Å². The molecular formula is C26H19BrF10O2. The minimum Gasteiger partial charge on any atom is -0.378 e. The molecule has 0 saturated carbocycles. The third kappa shape index (κ3) is 3.54. The van der Waals surface area contributed by atoms with Crippen molar-refractivity contribution in [2.45, 2.75) is 60.6 Å². The molecule has 0 heterocycles. The molecule has 0 fully saturated rings. The number of hydrogen-bond donors (Lipinski definition) is 2. The Labute approximate surface area is 223 Å². The van der Waals surface area contributed by atoms with Crippen molar-refractivity contribution in [2.24, 2.45) is 0 Å². The van der Waals surface area contributed by atoms with Crippen LogP contribution in [0.25, 0.3) is 5.57 Å². The summed E-state index contributed by atoms with van der Waals surface area (Å²) < 4.78 is 138. The number of halogens is 11. The lowest BCUT2D eigenvalue weighted by molar-refractivity contribution is -0.287. The maximum Gasteiger partial charge on any atom is 0.346 e. The number of alkyl halides is 8. The van der Waals surface area contributed by atoms with Crippen LogP contribution in [0, 0.1) is 11.6 Å². The summed E-state index contributed by atoms with van der Waals surface area (Å²) >= 11 is 2.67. The van der Waals surface area contributed by atoms with Crippen LogP contribution in [0.5, 0.6) is 0 Å². The SMILES string of the molecule is C=C1CCC2(O)c3c(ccc(F)c31)C(F)(F)C2(F)F.C=CCCC1(O)c2c(ccc(F)c2Br)C(F)(F)C1(F)F. The lowest BCUT2D eigenvalue weighted by Gasteiger charge is -2.36. The number of aliphatic hydroxyl groups is 2. The average molecular weight is 633 g/mol. The van der Waals surface area contributed by atoms with Crippen LogP contribution in [-0.4, -0.2) is 22.1 Å². The Kier molecular flexibility index (Phi) is 6.68. The van der Waals surface area contributed by atoms with Crippen molar-refractivity contribution in [3.8, 4) is 0 Å². The van der Waals surface area contributed by atoms with Gasteiger partial charge in [-0.15, -0.1) is 6.58 Å². The topological polar surface area (TPSA) is 40.5 Å². The Morgan fingerprint density at radius 1 is 0.821 bits per heavy atom. The van der Waals surface area contributed by atoms with Crippen molar-refractivity contribution >= 4 is 21.5 Å². The molecule has 2 nitrogen and oxygen atoms in total. The highest BCUT2D eigenvalue weighted by Gasteiger charge is 2.77. The van der Waals surface area contributed by atoms with Crippen LogP contribution in [0.15, 0.2) is 48.0 Å². The van der Waals surface area contributed by atoms with Gasteiger partial charge in [0.05, 0.1) is 4.47 Å². The number of fused-ring (bicyclic) bond motifs is 1. The largest absolute Gasteiger partial charge is 0.378 e. The highest BCUT2D eigenvalue weighted by atomic mass is 79.9. The second-order valence-electron chi connectivity index (χ2n) is 9.58. The van der Waals surface area contributed by atoms with Crippen molar-refractivity contribution in [1.29, 1.82) is 0 Å². The average Bonchev–Trinajstić information content (AvgIpc) is 3.05. The Balaban J connectivity index is 0.000000181. The van der Waals surface area contributed by atoms with Crippen LogP contribution in [0.1, 0.15) is 53.5 Å². The van der Waals surface area contributed by atoms with E-state index in [4.69, 9.17) is 0 Å². The van der Waals surface area contributed by atoms with E-state index in [-0.39, 0.29) is 18.4 Å². The molecule has 0 aromatic heterocycles. The van der Waals surface area contributed by atoms with Gasteiger partial charge in [0.25, 0.3) is 0 Å². The Hall–Kier alpha value is -2.38. The molecular weight excluding hydrogens is 614 g/mol. The summed E-state index contributed by atoms with van der Waals surface area (Å²) in [6, 6.07) is 2.56. The van der Waals surface area contributed by atoms with E-state index in [9.17, 15) is 54.1 Å². The summed E-state index contributed by atoms with van der Waals surface area (Å²) in [6.45, 7) is 6.81. The van der Waals surface area contributed by atoms with Gasteiger partial charge in [0, 0.05) is 27.8 Å². The fourth-order valence-electron chi connectivity index (χ4n) is 5.33. The Morgan fingerprint density at radius 2 is 1.33 bits per heavy atom. The van der Waals surface area contributed by atoms with E-state index in [1.54, 1.807) is 0 Å². The molecule has 0 saturated heterocycles. The molecule has 2 atom stereocenters. The Bertz CT molecular complexity index is 1390. The van der Waals surface area contributed by atoms with Gasteiger partial charge in [0.15, 0.2) is 11.2 Å². The monoisotopic (exact) mass is 632 g/mol. The van der Waals surface area contributed by atoms with Gasteiger partial charge in [0.1, 0.15) is 11.6 Å². The third-order valence-electron chi connectivity index (χ3n) is 7.43. The first-order chi connectivity index (χ1) is 17.8. The molecule has 3 aliphatic rings. The van der Waals surface area contributed by atoms with Gasteiger partial charge in [-0.25, -0.2) is 8.78 Å². The molecule has 0 bridgehead atoms. The molecule has 2 N–H and O–H groups in total. The minimum atomic E-state index is -4.73. The number of hydrogen-bond acceptors (Lipinski definition) is 2. The second kappa shape index (κ2) is 8.81. The normalized spacial score (nSPS) is 28.3. The number of benzene rings is 2. The number of allylic oxidation sites excluding steroid dienone is 2.